The van der Waals surface area contributed by atoms with Gasteiger partial charge >= 0.3 is 6.03 Å². The number of amides is 3. The highest BCUT2D eigenvalue weighted by atomic mass is 16.5. The van der Waals surface area contributed by atoms with Crippen molar-refractivity contribution in [1.29, 1.82) is 0 Å². The van der Waals surface area contributed by atoms with Gasteiger partial charge in [-0.2, -0.15) is 0 Å². The molecule has 1 fully saturated rings. The number of aryl methyl sites for hydroxylation is 1. The van der Waals surface area contributed by atoms with Crippen LogP contribution in [0.25, 0.3) is 0 Å². The minimum absolute atomic E-state index is 0.00975. The molecule has 3 amide bonds. The number of carbonyl (C=O) groups is 2. The first-order chi connectivity index (χ1) is 13.4. The van der Waals surface area contributed by atoms with Crippen molar-refractivity contribution >= 4 is 17.6 Å². The number of carbonyl (C=O) groups excluding carboxylic acids is 2. The molecule has 1 heterocycles. The molecule has 1 saturated heterocycles. The number of anilines is 1. The van der Waals surface area contributed by atoms with Gasteiger partial charge in [-0.25, -0.2) is 4.79 Å². The first-order valence-electron chi connectivity index (χ1n) is 9.52. The maximum Gasteiger partial charge on any atom is 0.325 e. The summed E-state index contributed by atoms with van der Waals surface area (Å²) in [6.45, 7) is 7.32. The Morgan fingerprint density at radius 1 is 1.07 bits per heavy atom. The van der Waals surface area contributed by atoms with Crippen molar-refractivity contribution in [2.24, 2.45) is 0 Å². The normalized spacial score (nSPS) is 19.8. The summed E-state index contributed by atoms with van der Waals surface area (Å²) in [6.07, 6.45) is -0.0722. The lowest BCUT2D eigenvalue weighted by Crippen LogP contribution is -2.48. The second-order valence-electron chi connectivity index (χ2n) is 7.29. The van der Waals surface area contributed by atoms with E-state index in [1.165, 1.54) is 0 Å². The predicted molar refractivity (Wildman–Crippen MR) is 109 cm³/mol. The Hall–Kier alpha value is -2.70. The Kier molecular flexibility index (Phi) is 6.44. The number of rotatable bonds is 4. The number of morpholine rings is 1. The predicted octanol–water partition coefficient (Wildman–Crippen LogP) is 3.41. The van der Waals surface area contributed by atoms with Gasteiger partial charge in [0.1, 0.15) is 0 Å². The average molecular weight is 381 g/mol. The van der Waals surface area contributed by atoms with Crippen LogP contribution in [0.2, 0.25) is 0 Å². The van der Waals surface area contributed by atoms with Crippen LogP contribution >= 0.6 is 0 Å². The van der Waals surface area contributed by atoms with Gasteiger partial charge in [0.15, 0.2) is 0 Å². The number of urea groups is 1. The van der Waals surface area contributed by atoms with E-state index in [1.54, 1.807) is 0 Å². The maximum atomic E-state index is 12.4. The molecule has 1 aliphatic rings. The molecule has 3 rings (SSSR count). The fraction of sp³-hybridized carbons (Fsp3) is 0.364. The summed E-state index contributed by atoms with van der Waals surface area (Å²) < 4.78 is 6.02. The third-order valence-electron chi connectivity index (χ3n) is 4.98. The summed E-state index contributed by atoms with van der Waals surface area (Å²) in [4.78, 5) is 26.6. The van der Waals surface area contributed by atoms with Crippen molar-refractivity contribution in [3.8, 4) is 0 Å². The molecule has 0 radical (unpaired) electrons. The smallest absolute Gasteiger partial charge is 0.325 e. The molecule has 2 aromatic rings. The monoisotopic (exact) mass is 381 g/mol. The van der Waals surface area contributed by atoms with Crippen LogP contribution in [-0.2, 0) is 9.53 Å². The fourth-order valence-electron chi connectivity index (χ4n) is 3.43. The third kappa shape index (κ3) is 5.18. The number of hydrogen-bond acceptors (Lipinski definition) is 4. The molecule has 2 aromatic carbocycles. The van der Waals surface area contributed by atoms with E-state index >= 15 is 0 Å². The molecule has 6 nitrogen and oxygen atoms in total. The number of hydrogen-bond donors (Lipinski definition) is 2. The van der Waals surface area contributed by atoms with Crippen molar-refractivity contribution in [2.75, 3.05) is 25.0 Å². The quantitative estimate of drug-likeness (QED) is 0.851. The van der Waals surface area contributed by atoms with E-state index in [-0.39, 0.29) is 24.7 Å². The largest absolute Gasteiger partial charge is 0.368 e. The standard InChI is InChI=1S/C22H27N3O3/c1-15-8-7-11-19(17(15)3)23-22(27)24-21(26)14-25-12-16(2)28-20(13-25)18-9-5-4-6-10-18/h4-11,16,20H,12-14H2,1-3H3,(H2,23,24,26,27). The van der Waals surface area contributed by atoms with E-state index in [4.69, 9.17) is 4.74 Å². The first kappa shape index (κ1) is 20.0. The van der Waals surface area contributed by atoms with Crippen LogP contribution in [0.1, 0.15) is 29.7 Å². The molecule has 2 atom stereocenters. The molecule has 0 aliphatic carbocycles. The van der Waals surface area contributed by atoms with Crippen molar-refractivity contribution in [1.82, 2.24) is 10.2 Å². The minimum Gasteiger partial charge on any atom is -0.368 e. The SMILES string of the molecule is Cc1cccc(NC(=O)NC(=O)CN2CC(C)OC(c3ccccc3)C2)c1C. The van der Waals surface area contributed by atoms with E-state index in [9.17, 15) is 9.59 Å². The van der Waals surface area contributed by atoms with Crippen LogP contribution < -0.4 is 10.6 Å². The Morgan fingerprint density at radius 2 is 1.82 bits per heavy atom. The molecule has 2 unspecified atom stereocenters. The highest BCUT2D eigenvalue weighted by molar-refractivity contribution is 6.02. The Balaban J connectivity index is 1.55. The van der Waals surface area contributed by atoms with Crippen LogP contribution in [0, 0.1) is 13.8 Å². The van der Waals surface area contributed by atoms with Crippen molar-refractivity contribution < 1.29 is 14.3 Å². The van der Waals surface area contributed by atoms with Crippen LogP contribution in [0.3, 0.4) is 0 Å². The van der Waals surface area contributed by atoms with Gasteiger partial charge in [0.2, 0.25) is 5.91 Å². The molecule has 0 spiro atoms. The van der Waals surface area contributed by atoms with E-state index in [0.29, 0.717) is 18.8 Å². The Morgan fingerprint density at radius 3 is 2.57 bits per heavy atom. The summed E-state index contributed by atoms with van der Waals surface area (Å²) >= 11 is 0. The lowest BCUT2D eigenvalue weighted by molar-refractivity contribution is -0.125. The summed E-state index contributed by atoms with van der Waals surface area (Å²) in [5.41, 5.74) is 3.86. The van der Waals surface area contributed by atoms with Crippen molar-refractivity contribution in [3.63, 3.8) is 0 Å². The Bertz CT molecular complexity index is 838. The van der Waals surface area contributed by atoms with E-state index < -0.39 is 6.03 Å². The highest BCUT2D eigenvalue weighted by Crippen LogP contribution is 2.24. The summed E-state index contributed by atoms with van der Waals surface area (Å²) in [7, 11) is 0. The summed E-state index contributed by atoms with van der Waals surface area (Å²) in [5.74, 6) is -0.330. The zero-order chi connectivity index (χ0) is 20.1. The molecule has 6 heteroatoms. The number of imide groups is 1. The average Bonchev–Trinajstić information content (AvgIpc) is 2.65. The second-order valence-corrected chi connectivity index (χ2v) is 7.29. The summed E-state index contributed by atoms with van der Waals surface area (Å²) in [5, 5.41) is 5.17. The first-order valence-corrected chi connectivity index (χ1v) is 9.52. The molecule has 148 valence electrons. The van der Waals surface area contributed by atoms with E-state index in [0.717, 1.165) is 16.7 Å². The molecule has 0 aromatic heterocycles. The van der Waals surface area contributed by atoms with Gasteiger partial charge in [0, 0.05) is 18.8 Å². The van der Waals surface area contributed by atoms with Gasteiger partial charge in [-0.05, 0) is 43.5 Å². The molecular formula is C22H27N3O3. The highest BCUT2D eigenvalue weighted by Gasteiger charge is 2.27. The molecule has 1 aliphatic heterocycles. The van der Waals surface area contributed by atoms with Crippen LogP contribution in [0.4, 0.5) is 10.5 Å². The van der Waals surface area contributed by atoms with Gasteiger partial charge in [-0.1, -0.05) is 42.5 Å². The number of ether oxygens (including phenoxy) is 1. The molecular weight excluding hydrogens is 354 g/mol. The maximum absolute atomic E-state index is 12.4. The van der Waals surface area contributed by atoms with E-state index in [1.807, 2.05) is 74.2 Å². The Labute approximate surface area is 165 Å². The number of benzene rings is 2. The van der Waals surface area contributed by atoms with Gasteiger partial charge in [0.25, 0.3) is 0 Å². The molecule has 0 bridgehead atoms. The van der Waals surface area contributed by atoms with Gasteiger partial charge in [0.05, 0.1) is 18.8 Å². The van der Waals surface area contributed by atoms with Gasteiger partial charge in [-0.3, -0.25) is 15.0 Å². The van der Waals surface area contributed by atoms with Crippen molar-refractivity contribution in [2.45, 2.75) is 33.0 Å². The topological polar surface area (TPSA) is 70.7 Å². The zero-order valence-corrected chi connectivity index (χ0v) is 16.6. The lowest BCUT2D eigenvalue weighted by Gasteiger charge is -2.36. The minimum atomic E-state index is -0.514. The lowest BCUT2D eigenvalue weighted by atomic mass is 10.1. The van der Waals surface area contributed by atoms with Crippen LogP contribution in [0.5, 0.6) is 0 Å². The molecule has 28 heavy (non-hydrogen) atoms. The zero-order valence-electron chi connectivity index (χ0n) is 16.6. The van der Waals surface area contributed by atoms with Gasteiger partial charge in [-0.15, -0.1) is 0 Å². The van der Waals surface area contributed by atoms with Crippen LogP contribution in [-0.4, -0.2) is 42.6 Å². The molecule has 0 saturated carbocycles. The number of nitrogens with one attached hydrogen (secondary N) is 2. The van der Waals surface area contributed by atoms with Gasteiger partial charge < -0.3 is 10.1 Å². The van der Waals surface area contributed by atoms with E-state index in [2.05, 4.69) is 10.6 Å². The summed E-state index contributed by atoms with van der Waals surface area (Å²) in [6, 6.07) is 15.1. The third-order valence-corrected chi connectivity index (χ3v) is 4.98. The second kappa shape index (κ2) is 8.99. The molecule has 2 N–H and O–H groups in total. The number of nitrogens with zero attached hydrogens (tertiary/aromatic N) is 1. The fourth-order valence-corrected chi connectivity index (χ4v) is 3.43. The van der Waals surface area contributed by atoms with Crippen molar-refractivity contribution in [3.05, 3.63) is 65.2 Å². The van der Waals surface area contributed by atoms with Crippen LogP contribution in [0.15, 0.2) is 48.5 Å².